The van der Waals surface area contributed by atoms with Crippen LogP contribution >= 0.6 is 34.5 Å². The fourth-order valence-corrected chi connectivity index (χ4v) is 2.83. The number of aromatic nitrogens is 1. The van der Waals surface area contributed by atoms with Gasteiger partial charge in [0.05, 0.1) is 12.1 Å². The van der Waals surface area contributed by atoms with Gasteiger partial charge in [0.2, 0.25) is 5.91 Å². The number of carboxylic acid groups (broad SMARTS) is 1. The Kier molecular flexibility index (Phi) is 5.17. The second-order valence-corrected chi connectivity index (χ2v) is 5.84. The lowest BCUT2D eigenvalue weighted by atomic mass is 10.1. The number of nitrogens with zero attached hydrogens (tertiary/aromatic N) is 1. The molecule has 0 saturated carbocycles. The lowest BCUT2D eigenvalue weighted by molar-refractivity contribution is -0.136. The third-order valence-corrected chi connectivity index (χ3v) is 3.96. The summed E-state index contributed by atoms with van der Waals surface area (Å²) in [5.74, 6) is -1.55. The molecule has 2 N–H and O–H groups in total. The molecule has 1 heterocycles. The van der Waals surface area contributed by atoms with Gasteiger partial charge < -0.3 is 10.4 Å². The Balaban J connectivity index is 2.39. The third kappa shape index (κ3) is 4.17. The molecule has 0 fully saturated rings. The summed E-state index contributed by atoms with van der Waals surface area (Å²) < 4.78 is 0. The first kappa shape index (κ1) is 15.8. The van der Waals surface area contributed by atoms with Gasteiger partial charge in [-0.15, -0.1) is 22.9 Å². The number of amides is 1. The molecule has 0 spiro atoms. The van der Waals surface area contributed by atoms with Gasteiger partial charge in [-0.3, -0.25) is 9.59 Å². The molecular weight excluding hydrogens is 335 g/mol. The number of carbonyl (C=O) groups is 2. The van der Waals surface area contributed by atoms with Gasteiger partial charge in [0.1, 0.15) is 5.88 Å². The zero-order valence-corrected chi connectivity index (χ0v) is 12.9. The Morgan fingerprint density at radius 3 is 2.52 bits per heavy atom. The first-order valence-electron chi connectivity index (χ1n) is 5.83. The predicted octanol–water partition coefficient (Wildman–Crippen LogP) is 3.27. The van der Waals surface area contributed by atoms with Gasteiger partial charge in [0.25, 0.3) is 0 Å². The number of thiazole rings is 1. The number of halogens is 2. The van der Waals surface area contributed by atoms with Gasteiger partial charge in [-0.25, -0.2) is 4.98 Å². The first-order chi connectivity index (χ1) is 9.99. The lowest BCUT2D eigenvalue weighted by Crippen LogP contribution is -2.12. The van der Waals surface area contributed by atoms with E-state index >= 15 is 0 Å². The van der Waals surface area contributed by atoms with Crippen LogP contribution in [-0.4, -0.2) is 27.8 Å². The number of hydrogen-bond donors (Lipinski definition) is 2. The van der Waals surface area contributed by atoms with E-state index in [0.29, 0.717) is 20.7 Å². The normalized spacial score (nSPS) is 10.4. The Labute approximate surface area is 134 Å². The molecule has 1 aromatic carbocycles. The average Bonchev–Trinajstić information content (AvgIpc) is 2.81. The smallest absolute Gasteiger partial charge is 0.308 e. The number of hydrogen-bond acceptors (Lipinski definition) is 4. The molecule has 0 aliphatic carbocycles. The van der Waals surface area contributed by atoms with Crippen LogP contribution in [0.3, 0.4) is 0 Å². The van der Waals surface area contributed by atoms with Crippen LogP contribution < -0.4 is 5.32 Å². The van der Waals surface area contributed by atoms with E-state index in [-0.39, 0.29) is 12.3 Å². The zero-order chi connectivity index (χ0) is 15.4. The van der Waals surface area contributed by atoms with Gasteiger partial charge in [-0.1, -0.05) is 23.7 Å². The van der Waals surface area contributed by atoms with Crippen LogP contribution in [0.15, 0.2) is 24.3 Å². The van der Waals surface area contributed by atoms with Crippen LogP contribution in [0.2, 0.25) is 5.02 Å². The maximum Gasteiger partial charge on any atom is 0.308 e. The summed E-state index contributed by atoms with van der Waals surface area (Å²) in [6.45, 7) is 0. The van der Waals surface area contributed by atoms with Gasteiger partial charge >= 0.3 is 5.97 Å². The summed E-state index contributed by atoms with van der Waals surface area (Å²) in [6, 6.07) is 6.88. The molecule has 0 saturated heterocycles. The van der Waals surface area contributed by atoms with Crippen molar-refractivity contribution in [3.8, 4) is 11.3 Å². The number of anilines is 1. The minimum Gasteiger partial charge on any atom is -0.481 e. The monoisotopic (exact) mass is 344 g/mol. The summed E-state index contributed by atoms with van der Waals surface area (Å²) in [7, 11) is 0. The molecule has 2 aromatic rings. The minimum atomic E-state index is -0.968. The van der Waals surface area contributed by atoms with E-state index in [9.17, 15) is 9.59 Å². The molecule has 0 atom stereocenters. The molecule has 8 heteroatoms. The van der Waals surface area contributed by atoms with Gasteiger partial charge in [0.15, 0.2) is 5.13 Å². The Bertz CT molecular complexity index is 671. The minimum absolute atomic E-state index is 0.174. The summed E-state index contributed by atoms with van der Waals surface area (Å²) in [4.78, 5) is 27.1. The number of carbonyl (C=O) groups excluding carboxylic acids is 1. The number of aliphatic carboxylic acids is 1. The van der Waals surface area contributed by atoms with E-state index in [0.717, 1.165) is 16.9 Å². The highest BCUT2D eigenvalue weighted by atomic mass is 35.5. The van der Waals surface area contributed by atoms with Crippen molar-refractivity contribution in [1.29, 1.82) is 0 Å². The van der Waals surface area contributed by atoms with E-state index < -0.39 is 11.9 Å². The highest BCUT2D eigenvalue weighted by Crippen LogP contribution is 2.32. The second kappa shape index (κ2) is 6.89. The van der Waals surface area contributed by atoms with Crippen LogP contribution in [0.5, 0.6) is 0 Å². The lowest BCUT2D eigenvalue weighted by Gasteiger charge is -2.00. The van der Waals surface area contributed by atoms with E-state index in [4.69, 9.17) is 28.3 Å². The summed E-state index contributed by atoms with van der Waals surface area (Å²) in [6.07, 6.45) is -0.174. The quantitative estimate of drug-likeness (QED) is 0.815. The van der Waals surface area contributed by atoms with Crippen LogP contribution in [0.4, 0.5) is 5.13 Å². The Hall–Kier alpha value is -1.63. The Morgan fingerprint density at radius 2 is 1.95 bits per heavy atom. The van der Waals surface area contributed by atoms with Crippen molar-refractivity contribution in [1.82, 2.24) is 4.98 Å². The number of rotatable bonds is 5. The van der Waals surface area contributed by atoms with E-state index in [2.05, 4.69) is 10.3 Å². The molecule has 1 aromatic heterocycles. The zero-order valence-electron chi connectivity index (χ0n) is 10.6. The number of carboxylic acids is 1. The molecule has 21 heavy (non-hydrogen) atoms. The largest absolute Gasteiger partial charge is 0.481 e. The van der Waals surface area contributed by atoms with E-state index in [1.54, 1.807) is 24.3 Å². The summed E-state index contributed by atoms with van der Waals surface area (Å²) in [5.41, 5.74) is 1.25. The predicted molar refractivity (Wildman–Crippen MR) is 83.2 cm³/mol. The topological polar surface area (TPSA) is 79.3 Å². The number of alkyl halides is 1. The molecule has 2 rings (SSSR count). The molecule has 0 unspecified atom stereocenters. The summed E-state index contributed by atoms with van der Waals surface area (Å²) >= 11 is 12.4. The molecule has 0 aliphatic heterocycles. The molecule has 0 aliphatic rings. The van der Waals surface area contributed by atoms with Crippen molar-refractivity contribution in [2.24, 2.45) is 0 Å². The van der Waals surface area contributed by atoms with E-state index in [1.807, 2.05) is 0 Å². The molecule has 1 amide bonds. The van der Waals surface area contributed by atoms with Crippen LogP contribution in [0, 0.1) is 0 Å². The molecular formula is C13H10Cl2N2O3S. The summed E-state index contributed by atoms with van der Waals surface area (Å²) in [5, 5.41) is 12.4. The van der Waals surface area contributed by atoms with Crippen LogP contribution in [-0.2, 0) is 16.0 Å². The molecule has 0 bridgehead atoms. The standard InChI is InChI=1S/C13H10Cl2N2O3S/c14-6-10(18)16-13-17-12(9(21-13)5-11(19)20)7-1-3-8(15)4-2-7/h1-4H,5-6H2,(H,19,20)(H,16,17,18). The maximum atomic E-state index is 11.3. The third-order valence-electron chi connectivity index (χ3n) is 2.49. The number of benzene rings is 1. The van der Waals surface area contributed by atoms with Crippen LogP contribution in [0.1, 0.15) is 4.88 Å². The van der Waals surface area contributed by atoms with Crippen molar-refractivity contribution in [2.45, 2.75) is 6.42 Å². The fourth-order valence-electron chi connectivity index (χ4n) is 1.65. The van der Waals surface area contributed by atoms with Crippen molar-refractivity contribution in [2.75, 3.05) is 11.2 Å². The van der Waals surface area contributed by atoms with Crippen molar-refractivity contribution in [3.63, 3.8) is 0 Å². The second-order valence-electron chi connectivity index (χ2n) is 4.05. The first-order valence-corrected chi connectivity index (χ1v) is 7.55. The van der Waals surface area contributed by atoms with Gasteiger partial charge in [-0.05, 0) is 12.1 Å². The SMILES string of the molecule is O=C(O)Cc1sc(NC(=O)CCl)nc1-c1ccc(Cl)cc1. The van der Waals surface area contributed by atoms with Crippen molar-refractivity contribution < 1.29 is 14.7 Å². The number of nitrogens with one attached hydrogen (secondary N) is 1. The highest BCUT2D eigenvalue weighted by molar-refractivity contribution is 7.16. The maximum absolute atomic E-state index is 11.3. The average molecular weight is 345 g/mol. The Morgan fingerprint density at radius 1 is 1.29 bits per heavy atom. The highest BCUT2D eigenvalue weighted by Gasteiger charge is 2.16. The molecule has 5 nitrogen and oxygen atoms in total. The van der Waals surface area contributed by atoms with Crippen molar-refractivity contribution in [3.05, 3.63) is 34.2 Å². The van der Waals surface area contributed by atoms with E-state index in [1.165, 1.54) is 0 Å². The molecule has 110 valence electrons. The molecule has 0 radical (unpaired) electrons. The van der Waals surface area contributed by atoms with Crippen molar-refractivity contribution >= 4 is 51.5 Å². The van der Waals surface area contributed by atoms with Gasteiger partial charge in [-0.2, -0.15) is 0 Å². The van der Waals surface area contributed by atoms with Gasteiger partial charge in [0, 0.05) is 15.5 Å². The van der Waals surface area contributed by atoms with Crippen LogP contribution in [0.25, 0.3) is 11.3 Å². The fraction of sp³-hybridized carbons (Fsp3) is 0.154.